The number of alkyl halides is 3. The summed E-state index contributed by atoms with van der Waals surface area (Å²) in [7, 11) is 1.29. The summed E-state index contributed by atoms with van der Waals surface area (Å²) in [6.45, 7) is 7.05. The van der Waals surface area contributed by atoms with Crippen molar-refractivity contribution in [3.05, 3.63) is 29.4 Å². The molecular formula is C17H24BF3N2O3. The van der Waals surface area contributed by atoms with E-state index in [1.807, 2.05) is 40.8 Å². The van der Waals surface area contributed by atoms with Crippen molar-refractivity contribution in [3.63, 3.8) is 0 Å². The first kappa shape index (κ1) is 20.7. The molecule has 1 aromatic rings. The molecule has 2 rings (SSSR count). The van der Waals surface area contributed by atoms with Gasteiger partial charge in [-0.2, -0.15) is 13.2 Å². The predicted octanol–water partition coefficient (Wildman–Crippen LogP) is 3.26. The van der Waals surface area contributed by atoms with E-state index in [0.717, 1.165) is 5.47 Å². The molecule has 0 unspecified atom stereocenters. The minimum absolute atomic E-state index is 0.0784. The van der Waals surface area contributed by atoms with Gasteiger partial charge in [0.05, 0.1) is 11.2 Å². The maximum absolute atomic E-state index is 12.2. The highest BCUT2D eigenvalue weighted by Gasteiger charge is 2.52. The van der Waals surface area contributed by atoms with Crippen LogP contribution in [0.25, 0.3) is 6.08 Å². The summed E-state index contributed by atoms with van der Waals surface area (Å²) in [5.41, 5.74) is 0.650. The highest BCUT2D eigenvalue weighted by Crippen LogP contribution is 2.38. The van der Waals surface area contributed by atoms with E-state index in [-0.39, 0.29) is 5.88 Å². The van der Waals surface area contributed by atoms with E-state index in [1.165, 1.54) is 12.3 Å². The highest BCUT2D eigenvalue weighted by atomic mass is 19.4. The van der Waals surface area contributed by atoms with Crippen LogP contribution in [0.4, 0.5) is 13.2 Å². The summed E-state index contributed by atoms with van der Waals surface area (Å²) < 4.78 is 53.2. The molecule has 26 heavy (non-hydrogen) atoms. The van der Waals surface area contributed by atoms with E-state index < -0.39 is 31.1 Å². The molecule has 5 nitrogen and oxygen atoms in total. The summed E-state index contributed by atoms with van der Waals surface area (Å²) in [5.74, 6) is -0.0784. The second-order valence-electron chi connectivity index (χ2n) is 7.17. The Morgan fingerprint density at radius 3 is 2.31 bits per heavy atom. The van der Waals surface area contributed by atoms with Gasteiger partial charge in [-0.15, -0.1) is 0 Å². The van der Waals surface area contributed by atoms with Gasteiger partial charge in [0.1, 0.15) is 0 Å². The molecule has 0 radical (unpaired) electrons. The third-order valence-corrected chi connectivity index (χ3v) is 4.43. The van der Waals surface area contributed by atoms with Crippen molar-refractivity contribution in [3.8, 4) is 5.88 Å². The zero-order valence-electron chi connectivity index (χ0n) is 15.6. The van der Waals surface area contributed by atoms with E-state index in [4.69, 9.17) is 9.31 Å². The van der Waals surface area contributed by atoms with Crippen molar-refractivity contribution in [2.24, 2.45) is 0 Å². The lowest BCUT2D eigenvalue weighted by Crippen LogP contribution is -2.41. The maximum Gasteiger partial charge on any atom is 0.491 e. The number of hydrogen-bond donors (Lipinski definition) is 1. The molecule has 1 aromatic heterocycles. The van der Waals surface area contributed by atoms with Gasteiger partial charge in [0.2, 0.25) is 5.88 Å². The van der Waals surface area contributed by atoms with Gasteiger partial charge < -0.3 is 19.4 Å². The number of likely N-dealkylation sites (N-methyl/N-ethyl adjacent to an activating group) is 1. The first-order valence-corrected chi connectivity index (χ1v) is 8.30. The maximum atomic E-state index is 12.2. The van der Waals surface area contributed by atoms with E-state index in [9.17, 15) is 13.2 Å². The van der Waals surface area contributed by atoms with Crippen LogP contribution in [-0.4, -0.2) is 49.7 Å². The number of hydrogen-bond acceptors (Lipinski definition) is 5. The molecule has 1 aliphatic heterocycles. The number of nitrogens with zero attached hydrogens (tertiary/aromatic N) is 1. The Balaban J connectivity index is 2.14. The Kier molecular flexibility index (Phi) is 6.04. The zero-order valence-corrected chi connectivity index (χ0v) is 15.6. The lowest BCUT2D eigenvalue weighted by Gasteiger charge is -2.32. The minimum atomic E-state index is -4.39. The average Bonchev–Trinajstić information content (AvgIpc) is 2.73. The number of ether oxygens (including phenoxy) is 1. The monoisotopic (exact) mass is 372 g/mol. The number of nitrogens with one attached hydrogen (secondary N) is 1. The minimum Gasteiger partial charge on any atom is -0.468 e. The van der Waals surface area contributed by atoms with E-state index in [0.29, 0.717) is 12.1 Å². The third-order valence-electron chi connectivity index (χ3n) is 4.43. The summed E-state index contributed by atoms with van der Waals surface area (Å²) in [4.78, 5) is 3.91. The topological polar surface area (TPSA) is 52.6 Å². The molecule has 0 atom stereocenters. The van der Waals surface area contributed by atoms with Gasteiger partial charge in [0.25, 0.3) is 0 Å². The Labute approximate surface area is 152 Å². The van der Waals surface area contributed by atoms with Gasteiger partial charge in [0, 0.05) is 18.8 Å². The van der Waals surface area contributed by atoms with Crippen molar-refractivity contribution >= 4 is 13.2 Å². The normalized spacial score (nSPS) is 19.7. The summed E-state index contributed by atoms with van der Waals surface area (Å²) in [6.07, 6.45) is -1.09. The molecular weight excluding hydrogens is 348 g/mol. The average molecular weight is 372 g/mol. The second kappa shape index (κ2) is 7.58. The molecule has 0 aromatic carbocycles. The van der Waals surface area contributed by atoms with E-state index in [1.54, 1.807) is 6.07 Å². The van der Waals surface area contributed by atoms with Crippen molar-refractivity contribution in [1.82, 2.24) is 10.3 Å². The number of halogens is 3. The number of pyridine rings is 1. The standard InChI is InChI=1S/C17H24BF3N2O3/c1-15(2)16(3,4)26-18(25-15)13(10-22-5)8-12-6-7-14(23-9-12)24-11-17(19,20)21/h6-9,22H,10-11H2,1-5H3. The molecule has 9 heteroatoms. The molecule has 2 heterocycles. The van der Waals surface area contributed by atoms with E-state index >= 15 is 0 Å². The van der Waals surface area contributed by atoms with Crippen molar-refractivity contribution < 1.29 is 27.2 Å². The molecule has 0 aliphatic carbocycles. The van der Waals surface area contributed by atoms with Gasteiger partial charge >= 0.3 is 13.3 Å². The van der Waals surface area contributed by atoms with Crippen LogP contribution in [0.15, 0.2) is 23.8 Å². The highest BCUT2D eigenvalue weighted by molar-refractivity contribution is 6.55. The van der Waals surface area contributed by atoms with Crippen LogP contribution in [-0.2, 0) is 9.31 Å². The summed E-state index contributed by atoms with van der Waals surface area (Å²) >= 11 is 0. The van der Waals surface area contributed by atoms with Crippen LogP contribution >= 0.6 is 0 Å². The number of aromatic nitrogens is 1. The molecule has 1 saturated heterocycles. The molecule has 1 aliphatic rings. The van der Waals surface area contributed by atoms with Gasteiger partial charge in [0.15, 0.2) is 6.61 Å². The van der Waals surface area contributed by atoms with Crippen molar-refractivity contribution in [1.29, 1.82) is 0 Å². The fraction of sp³-hybridized carbons (Fsp3) is 0.588. The van der Waals surface area contributed by atoms with Crippen molar-refractivity contribution in [2.75, 3.05) is 20.2 Å². The Hall–Kier alpha value is -1.58. The first-order chi connectivity index (χ1) is 11.9. The molecule has 0 saturated carbocycles. The zero-order chi connectivity index (χ0) is 19.6. The summed E-state index contributed by atoms with van der Waals surface area (Å²) in [6, 6.07) is 3.04. The SMILES string of the molecule is CNCC(=Cc1ccc(OCC(F)(F)F)nc1)B1OC(C)(C)C(C)(C)O1. The van der Waals surface area contributed by atoms with Crippen LogP contribution in [0.3, 0.4) is 0 Å². The lowest BCUT2D eigenvalue weighted by molar-refractivity contribution is -0.154. The molecule has 0 amide bonds. The van der Waals surface area contributed by atoms with Crippen LogP contribution in [0.5, 0.6) is 5.88 Å². The molecule has 1 N–H and O–H groups in total. The number of rotatable bonds is 6. The molecule has 1 fully saturated rings. The van der Waals surface area contributed by atoms with Gasteiger partial charge in [-0.3, -0.25) is 0 Å². The fourth-order valence-corrected chi connectivity index (χ4v) is 2.33. The van der Waals surface area contributed by atoms with Crippen LogP contribution in [0.1, 0.15) is 33.3 Å². The van der Waals surface area contributed by atoms with Gasteiger partial charge in [-0.25, -0.2) is 4.98 Å². The Morgan fingerprint density at radius 1 is 1.23 bits per heavy atom. The Bertz CT molecular complexity index is 630. The molecule has 144 valence electrons. The quantitative estimate of drug-likeness (QED) is 0.777. The van der Waals surface area contributed by atoms with Crippen LogP contribution < -0.4 is 10.1 Å². The van der Waals surface area contributed by atoms with Gasteiger partial charge in [-0.1, -0.05) is 6.08 Å². The van der Waals surface area contributed by atoms with Crippen LogP contribution in [0.2, 0.25) is 0 Å². The smallest absolute Gasteiger partial charge is 0.468 e. The molecule has 0 bridgehead atoms. The van der Waals surface area contributed by atoms with Crippen molar-refractivity contribution in [2.45, 2.75) is 45.1 Å². The lowest BCUT2D eigenvalue weighted by atomic mass is 9.77. The predicted molar refractivity (Wildman–Crippen MR) is 93.8 cm³/mol. The third kappa shape index (κ3) is 5.22. The van der Waals surface area contributed by atoms with Gasteiger partial charge in [-0.05, 0) is 51.8 Å². The second-order valence-corrected chi connectivity index (χ2v) is 7.17. The van der Waals surface area contributed by atoms with Crippen LogP contribution in [0, 0.1) is 0 Å². The first-order valence-electron chi connectivity index (χ1n) is 8.30. The van der Waals surface area contributed by atoms with E-state index in [2.05, 4.69) is 15.0 Å². The fourth-order valence-electron chi connectivity index (χ4n) is 2.33. The largest absolute Gasteiger partial charge is 0.491 e. The summed E-state index contributed by atoms with van der Waals surface area (Å²) in [5, 5.41) is 3.07. The molecule has 0 spiro atoms. The Morgan fingerprint density at radius 2 is 1.85 bits per heavy atom.